The highest BCUT2D eigenvalue weighted by atomic mass is 16.8. The van der Waals surface area contributed by atoms with Crippen LogP contribution in [-0.2, 0) is 24.6 Å². The van der Waals surface area contributed by atoms with E-state index in [2.05, 4.69) is 24.3 Å². The number of hydrogen-bond acceptors (Lipinski definition) is 4. The van der Waals surface area contributed by atoms with Crippen LogP contribution in [0.3, 0.4) is 0 Å². The average molecular weight is 336 g/mol. The Balaban J connectivity index is 1.93. The smallest absolute Gasteiger partial charge is 0.336 e. The van der Waals surface area contributed by atoms with E-state index in [1.165, 1.54) is 11.6 Å². The van der Waals surface area contributed by atoms with E-state index in [0.717, 1.165) is 11.1 Å². The normalized spacial score (nSPS) is 30.6. The SMILES string of the molecule is COC1=CC(=O)O[C@]2(C)OC(c3ccccc3)(c3ccc(C)cc3)[C@H]12. The van der Waals surface area contributed by atoms with Gasteiger partial charge in [-0.2, -0.15) is 0 Å². The van der Waals surface area contributed by atoms with Crippen LogP contribution in [0.25, 0.3) is 0 Å². The predicted molar refractivity (Wildman–Crippen MR) is 92.6 cm³/mol. The molecule has 1 saturated heterocycles. The van der Waals surface area contributed by atoms with E-state index >= 15 is 0 Å². The minimum Gasteiger partial charge on any atom is -0.500 e. The summed E-state index contributed by atoms with van der Waals surface area (Å²) >= 11 is 0. The zero-order chi connectivity index (χ0) is 17.7. The van der Waals surface area contributed by atoms with Crippen molar-refractivity contribution in [3.05, 3.63) is 83.1 Å². The monoisotopic (exact) mass is 336 g/mol. The number of rotatable bonds is 3. The van der Waals surface area contributed by atoms with Gasteiger partial charge in [0.05, 0.1) is 13.2 Å². The molecule has 0 spiro atoms. The average Bonchev–Trinajstić information content (AvgIpc) is 2.59. The number of carbonyl (C=O) groups excluding carboxylic acids is 1. The molecule has 0 aliphatic carbocycles. The minimum absolute atomic E-state index is 0.257. The molecule has 2 aromatic rings. The van der Waals surface area contributed by atoms with Gasteiger partial charge < -0.3 is 14.2 Å². The van der Waals surface area contributed by atoms with Gasteiger partial charge in [-0.15, -0.1) is 0 Å². The topological polar surface area (TPSA) is 44.8 Å². The lowest BCUT2D eigenvalue weighted by molar-refractivity contribution is -0.395. The van der Waals surface area contributed by atoms with E-state index in [9.17, 15) is 4.79 Å². The predicted octanol–water partition coefficient (Wildman–Crippen LogP) is 3.69. The van der Waals surface area contributed by atoms with Crippen molar-refractivity contribution in [1.29, 1.82) is 0 Å². The fraction of sp³-hybridized carbons (Fsp3) is 0.286. The van der Waals surface area contributed by atoms with E-state index in [0.29, 0.717) is 5.76 Å². The highest BCUT2D eigenvalue weighted by Crippen LogP contribution is 2.61. The molecule has 0 bridgehead atoms. The molecule has 128 valence electrons. The molecule has 0 radical (unpaired) electrons. The van der Waals surface area contributed by atoms with Gasteiger partial charge in [0, 0.05) is 6.92 Å². The van der Waals surface area contributed by atoms with E-state index in [1.54, 1.807) is 14.0 Å². The molecule has 2 aromatic carbocycles. The maximum Gasteiger partial charge on any atom is 0.336 e. The summed E-state index contributed by atoms with van der Waals surface area (Å²) in [5.41, 5.74) is 2.42. The first-order valence-electron chi connectivity index (χ1n) is 8.31. The van der Waals surface area contributed by atoms with Crippen molar-refractivity contribution in [3.63, 3.8) is 0 Å². The lowest BCUT2D eigenvalue weighted by atomic mass is 9.65. The van der Waals surface area contributed by atoms with E-state index in [4.69, 9.17) is 14.2 Å². The van der Waals surface area contributed by atoms with Gasteiger partial charge >= 0.3 is 5.97 Å². The fourth-order valence-corrected chi connectivity index (χ4v) is 4.00. The molecule has 0 aromatic heterocycles. The van der Waals surface area contributed by atoms with Crippen LogP contribution in [0.5, 0.6) is 0 Å². The van der Waals surface area contributed by atoms with Crippen LogP contribution in [-0.4, -0.2) is 18.9 Å². The number of esters is 1. The summed E-state index contributed by atoms with van der Waals surface area (Å²) in [6.07, 6.45) is 1.42. The summed E-state index contributed by atoms with van der Waals surface area (Å²) < 4.78 is 17.4. The zero-order valence-corrected chi connectivity index (χ0v) is 14.5. The van der Waals surface area contributed by atoms with Gasteiger partial charge in [0.2, 0.25) is 5.79 Å². The first-order chi connectivity index (χ1) is 12.0. The van der Waals surface area contributed by atoms with Crippen LogP contribution >= 0.6 is 0 Å². The number of fused-ring (bicyclic) bond motifs is 1. The summed E-state index contributed by atoms with van der Waals surface area (Å²) in [6, 6.07) is 18.2. The van der Waals surface area contributed by atoms with Gasteiger partial charge in [-0.3, -0.25) is 0 Å². The molecule has 2 aliphatic heterocycles. The molecule has 2 aliphatic rings. The standard InChI is InChI=1S/C21H20O4/c1-14-9-11-16(12-10-14)21(15-7-5-4-6-8-15)19-17(23-3)13-18(22)24-20(19,2)25-21/h4-13,19H,1-3H3/t19-,20-,21?/m1/s1. The van der Waals surface area contributed by atoms with Crippen LogP contribution in [0.15, 0.2) is 66.4 Å². The van der Waals surface area contributed by atoms with Crippen LogP contribution in [0.4, 0.5) is 0 Å². The van der Waals surface area contributed by atoms with Crippen molar-refractivity contribution < 1.29 is 19.0 Å². The van der Waals surface area contributed by atoms with Gasteiger partial charge in [-0.05, 0) is 18.1 Å². The fourth-order valence-electron chi connectivity index (χ4n) is 4.00. The number of ether oxygens (including phenoxy) is 3. The Morgan fingerprint density at radius 1 is 1.00 bits per heavy atom. The number of hydrogen-bond donors (Lipinski definition) is 0. The summed E-state index contributed by atoms with van der Waals surface area (Å²) in [6.45, 7) is 3.84. The number of methoxy groups -OCH3 is 1. The van der Waals surface area contributed by atoms with Crippen molar-refractivity contribution in [2.75, 3.05) is 7.11 Å². The summed E-state index contributed by atoms with van der Waals surface area (Å²) in [7, 11) is 1.58. The second-order valence-electron chi connectivity index (χ2n) is 6.69. The Morgan fingerprint density at radius 3 is 2.28 bits per heavy atom. The molecule has 0 N–H and O–H groups in total. The molecule has 0 amide bonds. The molecular weight excluding hydrogens is 316 g/mol. The molecule has 1 fully saturated rings. The lowest BCUT2D eigenvalue weighted by Gasteiger charge is -2.61. The minimum atomic E-state index is -1.04. The van der Waals surface area contributed by atoms with Crippen molar-refractivity contribution in [3.8, 4) is 0 Å². The Morgan fingerprint density at radius 2 is 1.64 bits per heavy atom. The van der Waals surface area contributed by atoms with E-state index in [-0.39, 0.29) is 5.92 Å². The molecule has 25 heavy (non-hydrogen) atoms. The molecule has 3 atom stereocenters. The number of carbonyl (C=O) groups is 1. The van der Waals surface area contributed by atoms with Gasteiger partial charge in [-0.1, -0.05) is 60.2 Å². The van der Waals surface area contributed by atoms with Crippen LogP contribution in [0.1, 0.15) is 23.6 Å². The molecule has 4 heteroatoms. The third kappa shape index (κ3) is 2.21. The largest absolute Gasteiger partial charge is 0.500 e. The van der Waals surface area contributed by atoms with Crippen molar-refractivity contribution in [2.45, 2.75) is 25.2 Å². The summed E-state index contributed by atoms with van der Waals surface area (Å²) in [5, 5.41) is 0. The quantitative estimate of drug-likeness (QED) is 0.802. The lowest BCUT2D eigenvalue weighted by Crippen LogP contribution is -2.69. The molecule has 0 saturated carbocycles. The molecular formula is C21H20O4. The number of benzene rings is 2. The second kappa shape index (κ2) is 5.46. The van der Waals surface area contributed by atoms with Crippen molar-refractivity contribution in [2.24, 2.45) is 5.92 Å². The maximum absolute atomic E-state index is 11.9. The maximum atomic E-state index is 11.9. The van der Waals surface area contributed by atoms with Crippen molar-refractivity contribution in [1.82, 2.24) is 0 Å². The van der Waals surface area contributed by atoms with Crippen LogP contribution < -0.4 is 0 Å². The van der Waals surface area contributed by atoms with Crippen LogP contribution in [0.2, 0.25) is 0 Å². The van der Waals surface area contributed by atoms with Gasteiger partial charge in [0.15, 0.2) is 0 Å². The van der Waals surface area contributed by atoms with Crippen LogP contribution in [0, 0.1) is 12.8 Å². The Kier molecular flexibility index (Phi) is 3.48. The second-order valence-corrected chi connectivity index (χ2v) is 6.69. The molecule has 2 heterocycles. The zero-order valence-electron chi connectivity index (χ0n) is 14.5. The molecule has 1 unspecified atom stereocenters. The third-order valence-corrected chi connectivity index (χ3v) is 5.06. The van der Waals surface area contributed by atoms with Crippen molar-refractivity contribution >= 4 is 5.97 Å². The van der Waals surface area contributed by atoms with Gasteiger partial charge in [-0.25, -0.2) is 4.79 Å². The van der Waals surface area contributed by atoms with E-state index in [1.807, 2.05) is 37.3 Å². The highest BCUT2D eigenvalue weighted by molar-refractivity contribution is 5.84. The third-order valence-electron chi connectivity index (χ3n) is 5.06. The van der Waals surface area contributed by atoms with Gasteiger partial charge in [0.25, 0.3) is 0 Å². The molecule has 4 nitrogen and oxygen atoms in total. The first-order valence-corrected chi connectivity index (χ1v) is 8.31. The first kappa shape index (κ1) is 15.9. The highest BCUT2D eigenvalue weighted by Gasteiger charge is 2.70. The Bertz CT molecular complexity index is 840. The summed E-state index contributed by atoms with van der Waals surface area (Å²) in [5.74, 6) is -1.17. The Hall–Kier alpha value is -2.59. The number of aryl methyl sites for hydroxylation is 1. The molecule has 4 rings (SSSR count). The summed E-state index contributed by atoms with van der Waals surface area (Å²) in [4.78, 5) is 11.9. The van der Waals surface area contributed by atoms with E-state index < -0.39 is 17.4 Å². The Labute approximate surface area is 147 Å². The van der Waals surface area contributed by atoms with Gasteiger partial charge in [0.1, 0.15) is 17.3 Å².